The van der Waals surface area contributed by atoms with Crippen LogP contribution in [0.3, 0.4) is 0 Å². The molecular weight excluding hydrogens is 657 g/mol. The lowest BCUT2D eigenvalue weighted by atomic mass is 10.1. The molecule has 1 fully saturated rings. The molecule has 268 valence electrons. The summed E-state index contributed by atoms with van der Waals surface area (Å²) >= 11 is 0. The Bertz CT molecular complexity index is 1980. The van der Waals surface area contributed by atoms with Crippen LogP contribution in [0.1, 0.15) is 68.1 Å². The molecule has 51 heavy (non-hydrogen) atoms. The highest BCUT2D eigenvalue weighted by atomic mass is 19.1. The first-order valence-corrected chi connectivity index (χ1v) is 17.1. The Labute approximate surface area is 295 Å². The molecule has 14 heteroatoms. The van der Waals surface area contributed by atoms with E-state index >= 15 is 0 Å². The fourth-order valence-electron chi connectivity index (χ4n) is 6.79. The number of benzene rings is 2. The Kier molecular flexibility index (Phi) is 10.5. The zero-order chi connectivity index (χ0) is 36.2. The number of halogens is 1. The number of hydrogen-bond acceptors (Lipinski definition) is 8. The predicted molar refractivity (Wildman–Crippen MR) is 186 cm³/mol. The molecule has 4 aromatic rings. The highest BCUT2D eigenvalue weighted by molar-refractivity contribution is 6.08. The van der Waals surface area contributed by atoms with E-state index in [4.69, 9.17) is 9.47 Å². The summed E-state index contributed by atoms with van der Waals surface area (Å²) in [6.45, 7) is 4.91. The van der Waals surface area contributed by atoms with E-state index in [9.17, 15) is 23.6 Å². The van der Waals surface area contributed by atoms with Crippen molar-refractivity contribution in [2.75, 3.05) is 39.8 Å². The van der Waals surface area contributed by atoms with Gasteiger partial charge in [0.15, 0.2) is 17.1 Å². The fourth-order valence-corrected chi connectivity index (χ4v) is 6.79. The van der Waals surface area contributed by atoms with Gasteiger partial charge in [0, 0.05) is 50.9 Å². The van der Waals surface area contributed by atoms with Crippen molar-refractivity contribution in [1.82, 2.24) is 35.2 Å². The molecule has 13 nitrogen and oxygen atoms in total. The molecule has 2 N–H and O–H groups in total. The van der Waals surface area contributed by atoms with Crippen LogP contribution in [0.4, 0.5) is 4.39 Å². The summed E-state index contributed by atoms with van der Waals surface area (Å²) < 4.78 is 28.1. The van der Waals surface area contributed by atoms with Crippen LogP contribution >= 0.6 is 0 Å². The largest absolute Gasteiger partial charge is 0.493 e. The summed E-state index contributed by atoms with van der Waals surface area (Å²) in [5, 5.41) is 11.0. The van der Waals surface area contributed by atoms with Crippen molar-refractivity contribution in [2.45, 2.75) is 51.7 Å². The van der Waals surface area contributed by atoms with Crippen molar-refractivity contribution in [3.63, 3.8) is 0 Å². The van der Waals surface area contributed by atoms with E-state index in [1.807, 2.05) is 6.92 Å². The van der Waals surface area contributed by atoms with Crippen LogP contribution in [-0.2, 0) is 11.8 Å². The van der Waals surface area contributed by atoms with Gasteiger partial charge in [0.25, 0.3) is 17.7 Å². The number of amides is 4. The average Bonchev–Trinajstić information content (AvgIpc) is 3.67. The second-order valence-corrected chi connectivity index (χ2v) is 12.9. The number of methoxy groups -OCH3 is 1. The summed E-state index contributed by atoms with van der Waals surface area (Å²) in [6.07, 6.45) is 1.11. The minimum Gasteiger partial charge on any atom is -0.493 e. The van der Waals surface area contributed by atoms with Gasteiger partial charge in [-0.05, 0) is 69.5 Å². The van der Waals surface area contributed by atoms with Gasteiger partial charge in [0.2, 0.25) is 5.91 Å². The number of rotatable bonds is 3. The molecular formula is C37H42FN7O6. The molecule has 2 aromatic heterocycles. The topological polar surface area (TPSA) is 148 Å². The molecule has 2 atom stereocenters. The maximum atomic E-state index is 14.6. The first kappa shape index (κ1) is 35.3. The number of aromatic nitrogens is 3. The van der Waals surface area contributed by atoms with Crippen molar-refractivity contribution < 1.29 is 33.0 Å². The van der Waals surface area contributed by atoms with E-state index in [1.165, 1.54) is 30.2 Å². The molecule has 2 aliphatic heterocycles. The van der Waals surface area contributed by atoms with Gasteiger partial charge in [-0.2, -0.15) is 5.10 Å². The normalized spacial score (nSPS) is 19.0. The van der Waals surface area contributed by atoms with E-state index in [0.717, 1.165) is 0 Å². The third-order valence-electron chi connectivity index (χ3n) is 9.31. The molecule has 2 aliphatic rings. The Morgan fingerprint density at radius 3 is 2.51 bits per heavy atom. The number of carbonyl (C=O) groups excluding carboxylic acids is 4. The Hall–Kier alpha value is -5.53. The molecule has 0 radical (unpaired) electrons. The molecule has 0 aliphatic carbocycles. The monoisotopic (exact) mass is 699 g/mol. The highest BCUT2D eigenvalue weighted by Gasteiger charge is 2.42. The van der Waals surface area contributed by atoms with E-state index in [2.05, 4.69) is 20.7 Å². The van der Waals surface area contributed by atoms with Crippen LogP contribution < -0.4 is 20.1 Å². The number of ether oxygens (including phenoxy) is 2. The van der Waals surface area contributed by atoms with Gasteiger partial charge in [-0.15, -0.1) is 0 Å². The highest BCUT2D eigenvalue weighted by Crippen LogP contribution is 2.33. The number of nitrogens with zero attached hydrogens (tertiary/aromatic N) is 5. The van der Waals surface area contributed by atoms with E-state index in [0.29, 0.717) is 77.4 Å². The lowest BCUT2D eigenvalue weighted by Crippen LogP contribution is -2.46. The second kappa shape index (κ2) is 15.2. The lowest BCUT2D eigenvalue weighted by Gasteiger charge is -2.25. The van der Waals surface area contributed by atoms with Crippen LogP contribution in [-0.4, -0.2) is 100 Å². The van der Waals surface area contributed by atoms with Gasteiger partial charge >= 0.3 is 0 Å². The minimum atomic E-state index is -0.860. The SMILES string of the molecule is COc1ccc2cc1O[C@H]1C[C@@H](C(=O)NCCCCN(C(=O)c3ccccc3F)CCCNC2=O)N(C(=O)c2cc(C)nc3c2c(C)nn3C)C1. The predicted octanol–water partition coefficient (Wildman–Crippen LogP) is 3.57. The minimum absolute atomic E-state index is 0.0253. The third kappa shape index (κ3) is 7.49. The van der Waals surface area contributed by atoms with Gasteiger partial charge in [-0.3, -0.25) is 23.9 Å². The van der Waals surface area contributed by atoms with Crippen molar-refractivity contribution in [3.8, 4) is 11.5 Å². The lowest BCUT2D eigenvalue weighted by molar-refractivity contribution is -0.124. The number of aryl methyl sites for hydroxylation is 3. The molecule has 2 aromatic carbocycles. The van der Waals surface area contributed by atoms with Crippen molar-refractivity contribution in [3.05, 3.63) is 82.4 Å². The summed E-state index contributed by atoms with van der Waals surface area (Å²) in [5.41, 5.74) is 2.54. The van der Waals surface area contributed by atoms with Crippen molar-refractivity contribution >= 4 is 34.7 Å². The summed E-state index contributed by atoms with van der Waals surface area (Å²) in [7, 11) is 3.26. The van der Waals surface area contributed by atoms with E-state index in [1.54, 1.807) is 53.9 Å². The van der Waals surface area contributed by atoms with Gasteiger partial charge in [0.1, 0.15) is 18.0 Å². The van der Waals surface area contributed by atoms with Crippen LogP contribution in [0.15, 0.2) is 48.5 Å². The molecule has 4 bridgehead atoms. The fraction of sp³-hybridized carbons (Fsp3) is 0.405. The maximum absolute atomic E-state index is 14.6. The molecule has 0 unspecified atom stereocenters. The molecule has 1 saturated heterocycles. The van der Waals surface area contributed by atoms with Crippen molar-refractivity contribution in [2.24, 2.45) is 7.05 Å². The molecule has 6 rings (SSSR count). The van der Waals surface area contributed by atoms with Gasteiger partial charge in [-0.1, -0.05) is 12.1 Å². The smallest absolute Gasteiger partial charge is 0.256 e. The maximum Gasteiger partial charge on any atom is 0.256 e. The summed E-state index contributed by atoms with van der Waals surface area (Å²) in [5.74, 6) is -1.39. The molecule has 4 amide bonds. The number of carbonyl (C=O) groups is 4. The second-order valence-electron chi connectivity index (χ2n) is 12.9. The zero-order valence-corrected chi connectivity index (χ0v) is 29.2. The van der Waals surface area contributed by atoms with Crippen LogP contribution in [0.5, 0.6) is 11.5 Å². The summed E-state index contributed by atoms with van der Waals surface area (Å²) in [4.78, 5) is 62.4. The number of pyridine rings is 1. The Morgan fingerprint density at radius 1 is 0.961 bits per heavy atom. The average molecular weight is 700 g/mol. The number of nitrogens with one attached hydrogen (secondary N) is 2. The Balaban J connectivity index is 1.29. The van der Waals surface area contributed by atoms with Gasteiger partial charge < -0.3 is 29.9 Å². The first-order chi connectivity index (χ1) is 24.5. The number of fused-ring (bicyclic) bond motifs is 5. The zero-order valence-electron chi connectivity index (χ0n) is 29.2. The Morgan fingerprint density at radius 2 is 1.73 bits per heavy atom. The number of likely N-dealkylation sites (tertiary alicyclic amines) is 1. The quantitative estimate of drug-likeness (QED) is 0.330. The van der Waals surface area contributed by atoms with Crippen LogP contribution in [0, 0.1) is 19.7 Å². The molecule has 0 spiro atoms. The van der Waals surface area contributed by atoms with Gasteiger partial charge in [0.05, 0.1) is 35.9 Å². The van der Waals surface area contributed by atoms with E-state index < -0.39 is 23.9 Å². The van der Waals surface area contributed by atoms with Crippen LogP contribution in [0.25, 0.3) is 11.0 Å². The molecule has 4 heterocycles. The first-order valence-electron chi connectivity index (χ1n) is 17.1. The third-order valence-corrected chi connectivity index (χ3v) is 9.31. The van der Waals surface area contributed by atoms with Gasteiger partial charge in [-0.25, -0.2) is 9.37 Å². The van der Waals surface area contributed by atoms with E-state index in [-0.39, 0.29) is 49.3 Å². The number of hydrogen-bond donors (Lipinski definition) is 2. The van der Waals surface area contributed by atoms with Crippen molar-refractivity contribution in [1.29, 1.82) is 0 Å². The standard InChI is InChI=1S/C37H42FN7O6/c1-22-18-27(32-23(2)42-43(3)33(32)41-22)37(49)45-21-25-20-29(45)35(47)40-14-7-8-16-44(36(48)26-10-5-6-11-28(26)38)17-9-15-39-34(46)24-12-13-30(50-4)31(19-24)51-25/h5-6,10-13,18-19,25,29H,7-9,14-17,20-21H2,1-4H3,(H,39,46)(H,40,47)/t25-,29-/m0/s1. The summed E-state index contributed by atoms with van der Waals surface area (Å²) in [6, 6.07) is 11.5. The van der Waals surface area contributed by atoms with Crippen LogP contribution in [0.2, 0.25) is 0 Å². The molecule has 0 saturated carbocycles.